The first-order valence-electron chi connectivity index (χ1n) is 6.47. The fraction of sp³-hybridized carbons (Fsp3) is 0. The van der Waals surface area contributed by atoms with Crippen LogP contribution in [0.2, 0.25) is 0 Å². The van der Waals surface area contributed by atoms with Crippen LogP contribution in [0.3, 0.4) is 0 Å². The van der Waals surface area contributed by atoms with E-state index in [0.29, 0.717) is 0 Å². The van der Waals surface area contributed by atoms with Crippen LogP contribution >= 0.6 is 0 Å². The highest BCUT2D eigenvalue weighted by Crippen LogP contribution is 2.31. The summed E-state index contributed by atoms with van der Waals surface area (Å²) >= 11 is 0. The second kappa shape index (κ2) is 4.10. The molecule has 2 N–H and O–H groups in total. The van der Waals surface area contributed by atoms with Crippen molar-refractivity contribution in [2.24, 2.45) is 0 Å². The number of hydrogen-bond donors (Lipinski definition) is 2. The molecule has 3 heteroatoms. The molecule has 0 aliphatic carbocycles. The van der Waals surface area contributed by atoms with Gasteiger partial charge in [-0.25, -0.2) is 4.98 Å². The number of H-pyrrole nitrogens is 1. The zero-order valence-electron chi connectivity index (χ0n) is 10.7. The number of aromatic amines is 1. The number of aromatic hydroxyl groups is 1. The average Bonchev–Trinajstić information content (AvgIpc) is 2.90. The Morgan fingerprint density at radius 2 is 1.80 bits per heavy atom. The minimum atomic E-state index is 0.285. The lowest BCUT2D eigenvalue weighted by atomic mass is 10.0. The van der Waals surface area contributed by atoms with Crippen molar-refractivity contribution in [1.82, 2.24) is 9.97 Å². The summed E-state index contributed by atoms with van der Waals surface area (Å²) in [6.07, 6.45) is 1.78. The van der Waals surface area contributed by atoms with Crippen LogP contribution in [0.25, 0.3) is 33.1 Å². The molecule has 0 aliphatic rings. The third-order valence-electron chi connectivity index (χ3n) is 3.55. The summed E-state index contributed by atoms with van der Waals surface area (Å²) < 4.78 is 0. The maximum Gasteiger partial charge on any atom is 0.137 e. The van der Waals surface area contributed by atoms with E-state index < -0.39 is 0 Å². The van der Waals surface area contributed by atoms with Crippen LogP contribution in [0.1, 0.15) is 0 Å². The molecule has 0 atom stereocenters. The Hall–Kier alpha value is -2.81. The monoisotopic (exact) mass is 260 g/mol. The molecule has 0 radical (unpaired) electrons. The van der Waals surface area contributed by atoms with Crippen LogP contribution in [0, 0.1) is 0 Å². The summed E-state index contributed by atoms with van der Waals surface area (Å²) in [5.41, 5.74) is 3.04. The molecule has 4 aromatic rings. The summed E-state index contributed by atoms with van der Waals surface area (Å²) in [5, 5.41) is 12.8. The highest BCUT2D eigenvalue weighted by atomic mass is 16.3. The van der Waals surface area contributed by atoms with Gasteiger partial charge in [-0.2, -0.15) is 0 Å². The van der Waals surface area contributed by atoms with Gasteiger partial charge in [-0.1, -0.05) is 24.3 Å². The van der Waals surface area contributed by atoms with Gasteiger partial charge < -0.3 is 10.1 Å². The smallest absolute Gasteiger partial charge is 0.137 e. The number of phenolic OH excluding ortho intramolecular Hbond substituents is 1. The van der Waals surface area contributed by atoms with Gasteiger partial charge in [-0.05, 0) is 41.1 Å². The number of hydrogen-bond acceptors (Lipinski definition) is 2. The molecule has 0 unspecified atom stereocenters. The van der Waals surface area contributed by atoms with E-state index in [0.717, 1.165) is 33.1 Å². The Labute approximate surface area is 115 Å². The minimum absolute atomic E-state index is 0.285. The summed E-state index contributed by atoms with van der Waals surface area (Å²) in [7, 11) is 0. The van der Waals surface area contributed by atoms with Crippen molar-refractivity contribution in [2.45, 2.75) is 0 Å². The van der Waals surface area contributed by atoms with E-state index in [1.165, 1.54) is 0 Å². The first-order chi connectivity index (χ1) is 9.81. The summed E-state index contributed by atoms with van der Waals surface area (Å²) in [5.74, 6) is 0.285. The molecule has 0 fully saturated rings. The number of pyridine rings is 1. The molecule has 96 valence electrons. The number of rotatable bonds is 1. The predicted molar refractivity (Wildman–Crippen MR) is 80.7 cm³/mol. The van der Waals surface area contributed by atoms with E-state index in [1.807, 2.05) is 30.3 Å². The van der Waals surface area contributed by atoms with E-state index in [2.05, 4.69) is 22.1 Å². The number of benzene rings is 2. The van der Waals surface area contributed by atoms with Crippen molar-refractivity contribution in [3.05, 3.63) is 60.8 Å². The Morgan fingerprint density at radius 3 is 2.70 bits per heavy atom. The van der Waals surface area contributed by atoms with Crippen molar-refractivity contribution < 1.29 is 5.11 Å². The second-order valence-electron chi connectivity index (χ2n) is 4.84. The maximum atomic E-state index is 9.59. The van der Waals surface area contributed by atoms with E-state index in [1.54, 1.807) is 18.3 Å². The number of nitrogens with zero attached hydrogens (tertiary/aromatic N) is 1. The predicted octanol–water partition coefficient (Wildman–Crippen LogP) is 4.09. The van der Waals surface area contributed by atoms with Crippen molar-refractivity contribution in [3.63, 3.8) is 0 Å². The van der Waals surface area contributed by atoms with Crippen molar-refractivity contribution in [3.8, 4) is 17.0 Å². The number of nitrogens with one attached hydrogen (secondary N) is 1. The molecule has 2 aromatic carbocycles. The second-order valence-corrected chi connectivity index (χ2v) is 4.84. The van der Waals surface area contributed by atoms with Gasteiger partial charge in [0.25, 0.3) is 0 Å². The van der Waals surface area contributed by atoms with Crippen molar-refractivity contribution >= 4 is 21.8 Å². The fourth-order valence-corrected chi connectivity index (χ4v) is 2.61. The van der Waals surface area contributed by atoms with Crippen LogP contribution in [-0.4, -0.2) is 15.1 Å². The van der Waals surface area contributed by atoms with Gasteiger partial charge in [-0.15, -0.1) is 0 Å². The lowest BCUT2D eigenvalue weighted by Gasteiger charge is -2.05. The van der Waals surface area contributed by atoms with Crippen LogP contribution in [0.4, 0.5) is 0 Å². The third-order valence-corrected chi connectivity index (χ3v) is 3.55. The maximum absolute atomic E-state index is 9.59. The first kappa shape index (κ1) is 11.1. The molecule has 20 heavy (non-hydrogen) atoms. The number of aromatic nitrogens is 2. The molecular formula is C17H12N2O. The zero-order valence-corrected chi connectivity index (χ0v) is 10.7. The first-order valence-corrected chi connectivity index (χ1v) is 6.47. The van der Waals surface area contributed by atoms with Gasteiger partial charge in [0.2, 0.25) is 0 Å². The van der Waals surface area contributed by atoms with Crippen LogP contribution in [-0.2, 0) is 0 Å². The van der Waals surface area contributed by atoms with Gasteiger partial charge >= 0.3 is 0 Å². The molecule has 0 saturated heterocycles. The summed E-state index contributed by atoms with van der Waals surface area (Å²) in [6, 6.07) is 17.6. The molecule has 0 amide bonds. The Bertz CT molecular complexity index is 891. The molecule has 0 aliphatic heterocycles. The standard InChI is InChI=1S/C17H12N2O/c20-13-6-7-14-11(9-13)3-1-5-15(14)16-10-12-4-2-8-18-17(12)19-16/h1-10,20H,(H,18,19). The molecule has 2 aromatic heterocycles. The van der Waals surface area contributed by atoms with E-state index in [9.17, 15) is 5.11 Å². The van der Waals surface area contributed by atoms with Gasteiger partial charge in [0, 0.05) is 22.8 Å². The van der Waals surface area contributed by atoms with E-state index in [4.69, 9.17) is 0 Å². The Morgan fingerprint density at radius 1 is 0.900 bits per heavy atom. The van der Waals surface area contributed by atoms with E-state index in [-0.39, 0.29) is 5.75 Å². The SMILES string of the molecule is Oc1ccc2c(-c3cc4cccnc4[nH]3)cccc2c1. The molecule has 2 heterocycles. The number of phenols is 1. The van der Waals surface area contributed by atoms with Crippen LogP contribution < -0.4 is 0 Å². The lowest BCUT2D eigenvalue weighted by Crippen LogP contribution is -1.81. The van der Waals surface area contributed by atoms with Gasteiger partial charge in [0.15, 0.2) is 0 Å². The lowest BCUT2D eigenvalue weighted by molar-refractivity contribution is 0.476. The highest BCUT2D eigenvalue weighted by molar-refractivity contribution is 5.98. The minimum Gasteiger partial charge on any atom is -0.508 e. The van der Waals surface area contributed by atoms with Gasteiger partial charge in [0.05, 0.1) is 0 Å². The third kappa shape index (κ3) is 1.64. The van der Waals surface area contributed by atoms with Crippen molar-refractivity contribution in [2.75, 3.05) is 0 Å². The van der Waals surface area contributed by atoms with Crippen molar-refractivity contribution in [1.29, 1.82) is 0 Å². The molecule has 0 spiro atoms. The van der Waals surface area contributed by atoms with Gasteiger partial charge in [-0.3, -0.25) is 0 Å². The summed E-state index contributed by atoms with van der Waals surface area (Å²) in [4.78, 5) is 7.67. The molecule has 0 bridgehead atoms. The molecular weight excluding hydrogens is 248 g/mol. The molecule has 3 nitrogen and oxygen atoms in total. The van der Waals surface area contributed by atoms with Crippen LogP contribution in [0.15, 0.2) is 60.8 Å². The average molecular weight is 260 g/mol. The Balaban J connectivity index is 2.01. The number of fused-ring (bicyclic) bond motifs is 2. The van der Waals surface area contributed by atoms with Gasteiger partial charge in [0.1, 0.15) is 11.4 Å². The topological polar surface area (TPSA) is 48.9 Å². The fourth-order valence-electron chi connectivity index (χ4n) is 2.61. The normalized spacial score (nSPS) is 11.2. The summed E-state index contributed by atoms with van der Waals surface area (Å²) in [6.45, 7) is 0. The molecule has 4 rings (SSSR count). The van der Waals surface area contributed by atoms with E-state index >= 15 is 0 Å². The zero-order chi connectivity index (χ0) is 13.5. The highest BCUT2D eigenvalue weighted by Gasteiger charge is 2.07. The molecule has 0 saturated carbocycles. The van der Waals surface area contributed by atoms with Crippen LogP contribution in [0.5, 0.6) is 5.75 Å². The Kier molecular flexibility index (Phi) is 2.27. The largest absolute Gasteiger partial charge is 0.508 e. The quantitative estimate of drug-likeness (QED) is 0.541.